The minimum atomic E-state index is 0.0321. The number of thioether (sulfide) groups is 1. The summed E-state index contributed by atoms with van der Waals surface area (Å²) in [4.78, 5) is 14.7. The van der Waals surface area contributed by atoms with Crippen LogP contribution in [0.4, 0.5) is 11.8 Å². The second-order valence-electron chi connectivity index (χ2n) is 8.73. The number of rotatable bonds is 7. The van der Waals surface area contributed by atoms with Crippen molar-refractivity contribution in [1.82, 2.24) is 25.0 Å². The van der Waals surface area contributed by atoms with E-state index >= 15 is 0 Å². The fourth-order valence-corrected chi connectivity index (χ4v) is 6.03. The number of fused-ring (bicyclic) bond motifs is 1. The molecule has 2 saturated heterocycles. The zero-order valence-corrected chi connectivity index (χ0v) is 18.9. The minimum absolute atomic E-state index is 0.0321. The summed E-state index contributed by atoms with van der Waals surface area (Å²) in [5, 5.41) is 17.9. The molecule has 3 aliphatic heterocycles. The highest BCUT2D eigenvalue weighted by molar-refractivity contribution is 7.98. The summed E-state index contributed by atoms with van der Waals surface area (Å²) in [5.74, 6) is 4.68. The van der Waals surface area contributed by atoms with Gasteiger partial charge in [0.25, 0.3) is 0 Å². The lowest BCUT2D eigenvalue weighted by atomic mass is 9.93. The molecule has 3 atom stereocenters. The van der Waals surface area contributed by atoms with Crippen molar-refractivity contribution in [3.63, 3.8) is 0 Å². The molecule has 0 aromatic carbocycles. The van der Waals surface area contributed by atoms with E-state index in [9.17, 15) is 5.11 Å². The van der Waals surface area contributed by atoms with E-state index in [1.807, 2.05) is 22.6 Å². The van der Waals surface area contributed by atoms with Gasteiger partial charge in [-0.3, -0.25) is 0 Å². The first-order valence-corrected chi connectivity index (χ1v) is 12.4. The molecule has 0 bridgehead atoms. The Bertz CT molecular complexity index is 881. The monoisotopic (exact) mass is 445 g/mol. The van der Waals surface area contributed by atoms with E-state index in [4.69, 9.17) is 14.7 Å². The lowest BCUT2D eigenvalue weighted by Gasteiger charge is -2.33. The number of hydrogen-bond acceptors (Lipinski definition) is 9. The van der Waals surface area contributed by atoms with Gasteiger partial charge in [-0.1, -0.05) is 18.6 Å². The molecule has 0 saturated carbocycles. The second kappa shape index (κ2) is 9.30. The van der Waals surface area contributed by atoms with Crippen LogP contribution in [-0.2, 0) is 22.8 Å². The maximum absolute atomic E-state index is 9.92. The molecule has 0 radical (unpaired) electrons. The van der Waals surface area contributed by atoms with Gasteiger partial charge in [0, 0.05) is 62.0 Å². The molecule has 5 heterocycles. The van der Waals surface area contributed by atoms with Crippen molar-refractivity contribution in [3.8, 4) is 0 Å². The van der Waals surface area contributed by atoms with Gasteiger partial charge in [-0.25, -0.2) is 9.67 Å². The largest absolute Gasteiger partial charge is 0.396 e. The Morgan fingerprint density at radius 2 is 2.06 bits per heavy atom. The molecule has 1 N–H and O–H groups in total. The number of morpholine rings is 1. The Labute approximate surface area is 187 Å². The van der Waals surface area contributed by atoms with Gasteiger partial charge >= 0.3 is 0 Å². The van der Waals surface area contributed by atoms with Crippen LogP contribution in [0.15, 0.2) is 12.4 Å². The van der Waals surface area contributed by atoms with Crippen molar-refractivity contribution < 1.29 is 9.84 Å². The highest BCUT2D eigenvalue weighted by Gasteiger charge is 2.35. The highest BCUT2D eigenvalue weighted by Crippen LogP contribution is 2.39. The molecule has 3 aliphatic rings. The third-order valence-electron chi connectivity index (χ3n) is 6.60. The van der Waals surface area contributed by atoms with Gasteiger partial charge < -0.3 is 19.6 Å². The molecule has 0 aliphatic carbocycles. The topological polar surface area (TPSA) is 92.4 Å². The Kier molecular flexibility index (Phi) is 6.29. The van der Waals surface area contributed by atoms with E-state index < -0.39 is 0 Å². The van der Waals surface area contributed by atoms with Crippen LogP contribution >= 0.6 is 11.8 Å². The molecule has 5 rings (SSSR count). The van der Waals surface area contributed by atoms with Crippen LogP contribution in [0.1, 0.15) is 31.0 Å². The van der Waals surface area contributed by atoms with Gasteiger partial charge in [-0.15, -0.1) is 5.10 Å². The molecule has 1 unspecified atom stereocenters. The maximum Gasteiger partial charge on any atom is 0.227 e. The minimum Gasteiger partial charge on any atom is -0.396 e. The maximum atomic E-state index is 9.92. The first-order chi connectivity index (χ1) is 15.2. The van der Waals surface area contributed by atoms with E-state index in [2.05, 4.69) is 27.0 Å². The molecule has 9 nitrogen and oxygen atoms in total. The Balaban J connectivity index is 1.38. The zero-order chi connectivity index (χ0) is 21.2. The summed E-state index contributed by atoms with van der Waals surface area (Å²) in [5.41, 5.74) is 2.46. The van der Waals surface area contributed by atoms with Gasteiger partial charge in [0.15, 0.2) is 0 Å². The summed E-state index contributed by atoms with van der Waals surface area (Å²) in [6.45, 7) is 7.19. The Morgan fingerprint density at radius 1 is 1.16 bits per heavy atom. The van der Waals surface area contributed by atoms with Crippen LogP contribution in [0, 0.1) is 11.8 Å². The summed E-state index contributed by atoms with van der Waals surface area (Å²) in [6, 6.07) is 0. The highest BCUT2D eigenvalue weighted by atomic mass is 32.2. The van der Waals surface area contributed by atoms with E-state index in [1.165, 1.54) is 11.3 Å². The molecule has 0 spiro atoms. The molecule has 2 aromatic heterocycles. The van der Waals surface area contributed by atoms with Crippen LogP contribution < -0.4 is 9.80 Å². The average molecular weight is 446 g/mol. The van der Waals surface area contributed by atoms with Gasteiger partial charge in [0.2, 0.25) is 5.95 Å². The molecule has 31 heavy (non-hydrogen) atoms. The van der Waals surface area contributed by atoms with Crippen LogP contribution in [-0.4, -0.2) is 75.6 Å². The predicted octanol–water partition coefficient (Wildman–Crippen LogP) is 1.57. The van der Waals surface area contributed by atoms with Crippen molar-refractivity contribution in [2.45, 2.75) is 43.9 Å². The number of aliphatic hydroxyl groups excluding tert-OH is 1. The zero-order valence-electron chi connectivity index (χ0n) is 18.1. The number of nitrogens with zero attached hydrogens (tertiary/aromatic N) is 7. The number of hydrogen-bond donors (Lipinski definition) is 1. The Morgan fingerprint density at radius 3 is 2.87 bits per heavy atom. The first kappa shape index (κ1) is 21.0. The van der Waals surface area contributed by atoms with E-state index in [0.29, 0.717) is 25.0 Å². The molecular formula is C21H31N7O2S. The Hall–Kier alpha value is -1.91. The SMILES string of the molecule is CCC[C@@H]1CN(c2nc(N3CCOC(Cn4ccnn4)C3)nc3c2CSC3)C[C@H]1CO. The number of aliphatic hydroxyl groups is 1. The molecule has 168 valence electrons. The third kappa shape index (κ3) is 4.38. The van der Waals surface area contributed by atoms with E-state index in [-0.39, 0.29) is 12.7 Å². The molecule has 0 amide bonds. The van der Waals surface area contributed by atoms with Gasteiger partial charge in [0.05, 0.1) is 31.1 Å². The quantitative estimate of drug-likeness (QED) is 0.681. The van der Waals surface area contributed by atoms with Crippen LogP contribution in [0.3, 0.4) is 0 Å². The smallest absolute Gasteiger partial charge is 0.227 e. The van der Waals surface area contributed by atoms with Crippen molar-refractivity contribution in [1.29, 1.82) is 0 Å². The molecule has 2 fully saturated rings. The van der Waals surface area contributed by atoms with Gasteiger partial charge in [-0.05, 0) is 12.3 Å². The lowest BCUT2D eigenvalue weighted by molar-refractivity contribution is 0.0266. The van der Waals surface area contributed by atoms with Crippen LogP contribution in [0.5, 0.6) is 0 Å². The first-order valence-electron chi connectivity index (χ1n) is 11.3. The van der Waals surface area contributed by atoms with Crippen LogP contribution in [0.25, 0.3) is 0 Å². The third-order valence-corrected chi connectivity index (χ3v) is 7.57. The second-order valence-corrected chi connectivity index (χ2v) is 9.71. The van der Waals surface area contributed by atoms with Crippen molar-refractivity contribution in [2.24, 2.45) is 11.8 Å². The van der Waals surface area contributed by atoms with Crippen molar-refractivity contribution >= 4 is 23.5 Å². The number of anilines is 2. The number of ether oxygens (including phenoxy) is 1. The molecular weight excluding hydrogens is 414 g/mol. The summed E-state index contributed by atoms with van der Waals surface area (Å²) >= 11 is 1.91. The standard InChI is InChI=1S/C21H31N7O2S/c1-2-3-15-8-27(9-16(15)12-29)20-18-13-31-14-19(18)23-21(24-20)26-6-7-30-17(10-26)11-28-5-4-22-25-28/h4-5,15-17,29H,2-3,6-14H2,1H3/t15-,16+,17?/m1/s1. The normalized spacial score (nSPS) is 25.9. The van der Waals surface area contributed by atoms with E-state index in [1.54, 1.807) is 6.20 Å². The van der Waals surface area contributed by atoms with Gasteiger partial charge in [0.1, 0.15) is 5.82 Å². The molecule has 10 heteroatoms. The lowest BCUT2D eigenvalue weighted by Crippen LogP contribution is -2.45. The predicted molar refractivity (Wildman–Crippen MR) is 120 cm³/mol. The summed E-state index contributed by atoms with van der Waals surface area (Å²) in [7, 11) is 0. The fourth-order valence-electron chi connectivity index (χ4n) is 4.99. The summed E-state index contributed by atoms with van der Waals surface area (Å²) in [6.07, 6.45) is 5.89. The number of aromatic nitrogens is 5. The molecule has 2 aromatic rings. The van der Waals surface area contributed by atoms with Crippen LogP contribution in [0.2, 0.25) is 0 Å². The summed E-state index contributed by atoms with van der Waals surface area (Å²) < 4.78 is 7.78. The fraction of sp³-hybridized carbons (Fsp3) is 0.714. The van der Waals surface area contributed by atoms with Crippen molar-refractivity contribution in [3.05, 3.63) is 23.7 Å². The van der Waals surface area contributed by atoms with Gasteiger partial charge in [-0.2, -0.15) is 16.7 Å². The average Bonchev–Trinajstić information content (AvgIpc) is 3.54. The van der Waals surface area contributed by atoms with Crippen molar-refractivity contribution in [2.75, 3.05) is 49.2 Å². The van der Waals surface area contributed by atoms with E-state index in [0.717, 1.165) is 62.3 Å².